The van der Waals surface area contributed by atoms with Crippen molar-refractivity contribution in [1.82, 2.24) is 0 Å². The Bertz CT molecular complexity index is 237. The van der Waals surface area contributed by atoms with Crippen LogP contribution in [0.5, 0.6) is 0 Å². The van der Waals surface area contributed by atoms with Gasteiger partial charge in [-0.15, -0.1) is 18.0 Å². The van der Waals surface area contributed by atoms with Crippen molar-refractivity contribution in [2.24, 2.45) is 5.92 Å². The molecule has 0 aromatic carbocycles. The van der Waals surface area contributed by atoms with Crippen molar-refractivity contribution >= 4 is 0 Å². The van der Waals surface area contributed by atoms with Crippen molar-refractivity contribution in [2.75, 3.05) is 13.7 Å². The summed E-state index contributed by atoms with van der Waals surface area (Å²) < 4.78 is 5.00. The van der Waals surface area contributed by atoms with Gasteiger partial charge in [-0.1, -0.05) is 67.2 Å². The Morgan fingerprint density at radius 1 is 0.958 bits per heavy atom. The molecule has 0 radical (unpaired) electrons. The molecular weight excluding hydrogens is 423 g/mol. The van der Waals surface area contributed by atoms with Crippen molar-refractivity contribution in [2.45, 2.75) is 105 Å². The molecule has 1 saturated carbocycles. The van der Waals surface area contributed by atoms with Crippen LogP contribution in [0, 0.1) is 48.4 Å². The number of methoxy groups -OCH3 is 1. The molecule has 0 atom stereocenters. The molecule has 0 aromatic heterocycles. The van der Waals surface area contributed by atoms with Crippen LogP contribution in [0.2, 0.25) is 0 Å². The van der Waals surface area contributed by atoms with Gasteiger partial charge >= 0.3 is 35.6 Å². The van der Waals surface area contributed by atoms with Crippen LogP contribution in [0.4, 0.5) is 0 Å². The fourth-order valence-electron chi connectivity index (χ4n) is 2.73. The third kappa shape index (κ3) is 23.1. The second kappa shape index (κ2) is 16.3. The van der Waals surface area contributed by atoms with Crippen LogP contribution >= 0.6 is 0 Å². The molecule has 24 heavy (non-hydrogen) atoms. The SMILES string of the molecule is CC([N-]C(C)(C)C)[N-]C(C)(C)C.COCCC1CCCC1.[CH2-]C.[La+3]. The van der Waals surface area contributed by atoms with E-state index in [-0.39, 0.29) is 52.8 Å². The zero-order valence-electron chi connectivity index (χ0n) is 18.0. The number of hydrogen-bond donors (Lipinski definition) is 0. The van der Waals surface area contributed by atoms with E-state index in [9.17, 15) is 0 Å². The summed E-state index contributed by atoms with van der Waals surface area (Å²) in [6.45, 7) is 20.6. The Labute approximate surface area is 181 Å². The Hall–Kier alpha value is 1.07. The van der Waals surface area contributed by atoms with E-state index in [4.69, 9.17) is 4.74 Å². The number of nitrogens with zero attached hydrogens (tertiary/aromatic N) is 2. The van der Waals surface area contributed by atoms with Gasteiger partial charge in [0, 0.05) is 13.7 Å². The molecule has 1 aliphatic carbocycles. The molecule has 0 spiro atoms. The van der Waals surface area contributed by atoms with Crippen molar-refractivity contribution in [3.8, 4) is 0 Å². The molecule has 1 fully saturated rings. The minimum atomic E-state index is 0. The maximum atomic E-state index is 5.00. The molecule has 1 rings (SSSR count). The van der Waals surface area contributed by atoms with E-state index >= 15 is 0 Å². The average Bonchev–Trinajstić information content (AvgIpc) is 2.88. The molecule has 1 aliphatic rings. The van der Waals surface area contributed by atoms with Gasteiger partial charge in [-0.05, 0) is 12.3 Å². The largest absolute Gasteiger partial charge is 3.00 e. The summed E-state index contributed by atoms with van der Waals surface area (Å²) in [6.07, 6.45) is 7.19. The Balaban J connectivity index is -0.000000328. The second-order valence-corrected chi connectivity index (χ2v) is 8.16. The van der Waals surface area contributed by atoms with Gasteiger partial charge in [0.2, 0.25) is 0 Å². The Morgan fingerprint density at radius 2 is 1.33 bits per heavy atom. The normalized spacial score (nSPS) is 15.1. The molecule has 0 aliphatic heterocycles. The maximum Gasteiger partial charge on any atom is 3.00 e. The standard InChI is InChI=1S/C10H22N2.C8H16O.C2H5.La/c1-8(11-9(2,3)4)12-10(5,6)7;1-9-7-6-8-4-2-3-5-8;1-2;/h8H,1-7H3;8H,2-7H2,1H3;1H2,2H3;/q-2;;-1;+3. The summed E-state index contributed by atoms with van der Waals surface area (Å²) in [5.74, 6) is 0.991. The van der Waals surface area contributed by atoms with Gasteiger partial charge in [0.05, 0.1) is 0 Å². The summed E-state index contributed by atoms with van der Waals surface area (Å²) in [5.41, 5.74) is 0.0440. The summed E-state index contributed by atoms with van der Waals surface area (Å²) in [7, 11) is 1.79. The topological polar surface area (TPSA) is 37.4 Å². The zero-order chi connectivity index (χ0) is 18.5. The van der Waals surface area contributed by atoms with E-state index in [1.54, 1.807) is 14.0 Å². The van der Waals surface area contributed by atoms with Gasteiger partial charge in [0.1, 0.15) is 0 Å². The first-order valence-corrected chi connectivity index (χ1v) is 9.17. The molecule has 0 heterocycles. The van der Waals surface area contributed by atoms with Crippen LogP contribution in [-0.4, -0.2) is 31.0 Å². The number of ether oxygens (including phenoxy) is 1. The molecule has 0 saturated heterocycles. The second-order valence-electron chi connectivity index (χ2n) is 8.16. The summed E-state index contributed by atoms with van der Waals surface area (Å²) >= 11 is 0. The zero-order valence-corrected chi connectivity index (χ0v) is 21.6. The average molecular weight is 466 g/mol. The first-order chi connectivity index (χ1) is 10.5. The molecule has 0 N–H and O–H groups in total. The predicted octanol–water partition coefficient (Wildman–Crippen LogP) is 6.73. The van der Waals surface area contributed by atoms with E-state index in [0.717, 1.165) is 12.5 Å². The van der Waals surface area contributed by atoms with Crippen molar-refractivity contribution in [1.29, 1.82) is 0 Å². The van der Waals surface area contributed by atoms with Gasteiger partial charge in [-0.25, -0.2) is 6.17 Å². The molecule has 4 heteroatoms. The number of hydrogen-bond acceptors (Lipinski definition) is 1. The van der Waals surface area contributed by atoms with E-state index in [0.29, 0.717) is 0 Å². The van der Waals surface area contributed by atoms with Crippen molar-refractivity contribution < 1.29 is 40.3 Å². The van der Waals surface area contributed by atoms with Gasteiger partial charge in [0.15, 0.2) is 0 Å². The third-order valence-corrected chi connectivity index (χ3v) is 3.35. The summed E-state index contributed by atoms with van der Waals surface area (Å²) in [6, 6.07) is 0. The fourth-order valence-corrected chi connectivity index (χ4v) is 2.73. The van der Waals surface area contributed by atoms with Gasteiger partial charge in [0.25, 0.3) is 0 Å². The summed E-state index contributed by atoms with van der Waals surface area (Å²) in [4.78, 5) is 0. The smallest absolute Gasteiger partial charge is 0.673 e. The molecule has 3 nitrogen and oxygen atoms in total. The van der Waals surface area contributed by atoms with E-state index in [1.807, 2.05) is 6.92 Å². The molecule has 0 unspecified atom stereocenters. The van der Waals surface area contributed by atoms with Crippen LogP contribution in [0.15, 0.2) is 0 Å². The van der Waals surface area contributed by atoms with Crippen LogP contribution in [0.25, 0.3) is 10.6 Å². The Kier molecular flexibility index (Phi) is 20.2. The summed E-state index contributed by atoms with van der Waals surface area (Å²) in [5, 5.41) is 9.06. The van der Waals surface area contributed by atoms with Crippen LogP contribution < -0.4 is 0 Å². The van der Waals surface area contributed by atoms with Crippen LogP contribution in [0.3, 0.4) is 0 Å². The van der Waals surface area contributed by atoms with Gasteiger partial charge < -0.3 is 22.3 Å². The molecule has 0 aromatic rings. The van der Waals surface area contributed by atoms with E-state index in [2.05, 4.69) is 59.1 Å². The molecule has 142 valence electrons. The predicted molar refractivity (Wildman–Crippen MR) is 105 cm³/mol. The number of rotatable bonds is 5. The Morgan fingerprint density at radius 3 is 1.62 bits per heavy atom. The van der Waals surface area contributed by atoms with E-state index in [1.165, 1.54) is 32.1 Å². The molecular formula is C20H43LaN2O. The first-order valence-electron chi connectivity index (χ1n) is 9.17. The van der Waals surface area contributed by atoms with Crippen molar-refractivity contribution in [3.63, 3.8) is 0 Å². The maximum absolute atomic E-state index is 5.00. The fraction of sp³-hybridized carbons (Fsp3) is 0.950. The minimum absolute atomic E-state index is 0. The van der Waals surface area contributed by atoms with Gasteiger partial charge in [-0.3, -0.25) is 0 Å². The monoisotopic (exact) mass is 466 g/mol. The quantitative estimate of drug-likeness (QED) is 0.414. The van der Waals surface area contributed by atoms with Crippen LogP contribution in [0.1, 0.15) is 87.5 Å². The molecule has 0 bridgehead atoms. The minimum Gasteiger partial charge on any atom is -0.673 e. The first kappa shape index (κ1) is 29.8. The van der Waals surface area contributed by atoms with E-state index < -0.39 is 0 Å². The third-order valence-electron chi connectivity index (χ3n) is 3.35. The van der Waals surface area contributed by atoms with Crippen molar-refractivity contribution in [3.05, 3.63) is 17.6 Å². The van der Waals surface area contributed by atoms with Crippen LogP contribution in [-0.2, 0) is 4.74 Å². The van der Waals surface area contributed by atoms with Gasteiger partial charge in [-0.2, -0.15) is 6.92 Å². The molecule has 0 amide bonds.